The highest BCUT2D eigenvalue weighted by Crippen LogP contribution is 2.35. The minimum absolute atomic E-state index is 0.202. The van der Waals surface area contributed by atoms with Gasteiger partial charge < -0.3 is 16.2 Å². The molecular weight excluding hydrogens is 316 g/mol. The number of primary amides is 1. The van der Waals surface area contributed by atoms with Crippen molar-refractivity contribution in [1.29, 1.82) is 0 Å². The maximum atomic E-state index is 12.1. The number of halogens is 1. The van der Waals surface area contributed by atoms with Gasteiger partial charge in [0.15, 0.2) is 0 Å². The van der Waals surface area contributed by atoms with Gasteiger partial charge in [-0.25, -0.2) is 4.79 Å². The summed E-state index contributed by atoms with van der Waals surface area (Å²) >= 11 is 7.28. The molecule has 21 heavy (non-hydrogen) atoms. The molecule has 0 saturated carbocycles. The van der Waals surface area contributed by atoms with Crippen LogP contribution in [-0.2, 0) is 9.59 Å². The highest BCUT2D eigenvalue weighted by atomic mass is 35.5. The van der Waals surface area contributed by atoms with Crippen LogP contribution in [0.4, 0.5) is 0 Å². The second kappa shape index (κ2) is 6.11. The normalized spacial score (nSPS) is 12.0. The molecule has 1 aromatic heterocycles. The van der Waals surface area contributed by atoms with E-state index in [2.05, 4.69) is 5.32 Å². The number of carbonyl (C=O) groups is 3. The number of hydrogen-bond acceptors (Lipinski definition) is 4. The van der Waals surface area contributed by atoms with E-state index in [0.717, 1.165) is 21.4 Å². The van der Waals surface area contributed by atoms with E-state index in [9.17, 15) is 14.4 Å². The van der Waals surface area contributed by atoms with E-state index in [-0.39, 0.29) is 9.90 Å². The Bertz CT molecular complexity index is 728. The number of fused-ring (bicyclic) bond motifs is 1. The lowest BCUT2D eigenvalue weighted by Crippen LogP contribution is -2.43. The molecule has 1 atom stereocenters. The molecule has 0 aliphatic rings. The van der Waals surface area contributed by atoms with Crippen LogP contribution in [0, 0.1) is 0 Å². The molecule has 0 aliphatic heterocycles. The van der Waals surface area contributed by atoms with E-state index in [1.54, 1.807) is 18.2 Å². The molecule has 0 unspecified atom stereocenters. The summed E-state index contributed by atoms with van der Waals surface area (Å²) in [6.07, 6.45) is -0.483. The van der Waals surface area contributed by atoms with Gasteiger partial charge in [-0.05, 0) is 6.07 Å². The van der Waals surface area contributed by atoms with Crippen LogP contribution in [0.1, 0.15) is 16.1 Å². The van der Waals surface area contributed by atoms with Gasteiger partial charge in [0.05, 0.1) is 11.4 Å². The van der Waals surface area contributed by atoms with E-state index in [0.29, 0.717) is 0 Å². The monoisotopic (exact) mass is 326 g/mol. The Hall–Kier alpha value is -2.12. The van der Waals surface area contributed by atoms with Gasteiger partial charge in [-0.15, -0.1) is 11.3 Å². The van der Waals surface area contributed by atoms with Crippen molar-refractivity contribution in [2.75, 3.05) is 0 Å². The quantitative estimate of drug-likeness (QED) is 0.775. The summed E-state index contributed by atoms with van der Waals surface area (Å²) < 4.78 is 0.814. The Morgan fingerprint density at radius 3 is 2.57 bits per heavy atom. The molecule has 0 radical (unpaired) electrons. The van der Waals surface area contributed by atoms with Gasteiger partial charge in [0.2, 0.25) is 5.91 Å². The Kier molecular flexibility index (Phi) is 4.44. The van der Waals surface area contributed by atoms with Crippen molar-refractivity contribution < 1.29 is 19.5 Å². The Morgan fingerprint density at radius 1 is 1.33 bits per heavy atom. The van der Waals surface area contributed by atoms with E-state index < -0.39 is 30.2 Å². The van der Waals surface area contributed by atoms with E-state index in [1.165, 1.54) is 0 Å². The highest BCUT2D eigenvalue weighted by molar-refractivity contribution is 7.21. The molecule has 110 valence electrons. The summed E-state index contributed by atoms with van der Waals surface area (Å²) in [4.78, 5) is 34.2. The van der Waals surface area contributed by atoms with Crippen molar-refractivity contribution in [3.8, 4) is 0 Å². The number of amides is 2. The molecule has 0 bridgehead atoms. The average Bonchev–Trinajstić information content (AvgIpc) is 2.75. The molecule has 1 heterocycles. The van der Waals surface area contributed by atoms with Gasteiger partial charge in [0.25, 0.3) is 5.91 Å². The molecule has 6 nitrogen and oxygen atoms in total. The number of hydrogen-bond donors (Lipinski definition) is 3. The summed E-state index contributed by atoms with van der Waals surface area (Å²) in [5.74, 6) is -2.79. The Morgan fingerprint density at radius 2 is 2.00 bits per heavy atom. The number of nitrogens with one attached hydrogen (secondary N) is 1. The van der Waals surface area contributed by atoms with Crippen molar-refractivity contribution >= 4 is 50.8 Å². The molecule has 0 spiro atoms. The fourth-order valence-electron chi connectivity index (χ4n) is 1.79. The van der Waals surface area contributed by atoms with Crippen LogP contribution in [0.25, 0.3) is 10.1 Å². The summed E-state index contributed by atoms with van der Waals surface area (Å²) in [7, 11) is 0. The third-order valence-electron chi connectivity index (χ3n) is 2.75. The van der Waals surface area contributed by atoms with Gasteiger partial charge in [-0.1, -0.05) is 29.8 Å². The van der Waals surface area contributed by atoms with Crippen LogP contribution < -0.4 is 11.1 Å². The fraction of sp³-hybridized carbons (Fsp3) is 0.154. The number of thiophene rings is 1. The maximum absolute atomic E-state index is 12.1. The Labute approximate surface area is 128 Å². The molecule has 2 amide bonds. The first kappa shape index (κ1) is 15.3. The second-order valence-electron chi connectivity index (χ2n) is 4.28. The topological polar surface area (TPSA) is 109 Å². The van der Waals surface area contributed by atoms with Gasteiger partial charge in [0.1, 0.15) is 10.9 Å². The third-order valence-corrected chi connectivity index (χ3v) is 4.42. The van der Waals surface area contributed by atoms with E-state index >= 15 is 0 Å². The molecule has 1 aromatic carbocycles. The zero-order valence-electron chi connectivity index (χ0n) is 10.6. The average molecular weight is 327 g/mol. The predicted octanol–water partition coefficient (Wildman–Crippen LogP) is 1.61. The number of carboxylic acid groups (broad SMARTS) is 1. The number of carbonyl (C=O) groups excluding carboxylic acids is 2. The zero-order chi connectivity index (χ0) is 15.6. The van der Waals surface area contributed by atoms with Crippen molar-refractivity contribution in [3.63, 3.8) is 0 Å². The summed E-state index contributed by atoms with van der Waals surface area (Å²) in [6, 6.07) is 5.79. The predicted molar refractivity (Wildman–Crippen MR) is 79.5 cm³/mol. The Balaban J connectivity index is 2.27. The summed E-state index contributed by atoms with van der Waals surface area (Å²) in [5.41, 5.74) is 4.96. The largest absolute Gasteiger partial charge is 0.480 e. The van der Waals surface area contributed by atoms with E-state index in [1.807, 2.05) is 6.07 Å². The first-order chi connectivity index (χ1) is 9.90. The number of nitrogens with two attached hydrogens (primary N) is 1. The molecule has 0 aliphatic carbocycles. The smallest absolute Gasteiger partial charge is 0.326 e. The number of carboxylic acids is 1. The summed E-state index contributed by atoms with van der Waals surface area (Å²) in [6.45, 7) is 0. The van der Waals surface area contributed by atoms with Crippen molar-refractivity contribution in [2.45, 2.75) is 12.5 Å². The zero-order valence-corrected chi connectivity index (χ0v) is 12.2. The SMILES string of the molecule is NC(=O)C[C@H](NC(=O)c1sc2ccccc2c1Cl)C(=O)O. The number of rotatable bonds is 5. The van der Waals surface area contributed by atoms with Gasteiger partial charge >= 0.3 is 5.97 Å². The van der Waals surface area contributed by atoms with Crippen LogP contribution >= 0.6 is 22.9 Å². The highest BCUT2D eigenvalue weighted by Gasteiger charge is 2.25. The first-order valence-corrected chi connectivity index (χ1v) is 7.08. The molecule has 2 rings (SSSR count). The molecular formula is C13H11ClN2O4S. The fourth-order valence-corrected chi connectivity index (χ4v) is 3.21. The van der Waals surface area contributed by atoms with E-state index in [4.69, 9.17) is 22.4 Å². The van der Waals surface area contributed by atoms with Gasteiger partial charge in [0, 0.05) is 10.1 Å². The maximum Gasteiger partial charge on any atom is 0.326 e. The molecule has 0 saturated heterocycles. The van der Waals surface area contributed by atoms with Crippen LogP contribution in [-0.4, -0.2) is 28.9 Å². The first-order valence-electron chi connectivity index (χ1n) is 5.89. The number of aliphatic carboxylic acids is 1. The van der Waals surface area contributed by atoms with Crippen LogP contribution in [0.5, 0.6) is 0 Å². The van der Waals surface area contributed by atoms with Gasteiger partial charge in [-0.3, -0.25) is 9.59 Å². The number of benzene rings is 1. The molecule has 4 N–H and O–H groups in total. The van der Waals surface area contributed by atoms with Crippen LogP contribution in [0.15, 0.2) is 24.3 Å². The molecule has 0 fully saturated rings. The lowest BCUT2D eigenvalue weighted by atomic mass is 10.2. The standard InChI is InChI=1S/C13H11ClN2O4S/c14-10-6-3-1-2-4-8(6)21-11(10)12(18)16-7(13(19)20)5-9(15)17/h1-4,7H,5H2,(H2,15,17)(H,16,18)(H,19,20)/t7-/m0/s1. The lowest BCUT2D eigenvalue weighted by molar-refractivity contribution is -0.140. The third kappa shape index (κ3) is 3.32. The molecule has 2 aromatic rings. The summed E-state index contributed by atoms with van der Waals surface area (Å²) in [5, 5.41) is 12.2. The van der Waals surface area contributed by atoms with Crippen molar-refractivity contribution in [1.82, 2.24) is 5.32 Å². The molecule has 8 heteroatoms. The van der Waals surface area contributed by atoms with Gasteiger partial charge in [-0.2, -0.15) is 0 Å². The van der Waals surface area contributed by atoms with Crippen LogP contribution in [0.2, 0.25) is 5.02 Å². The minimum Gasteiger partial charge on any atom is -0.480 e. The second-order valence-corrected chi connectivity index (χ2v) is 5.71. The van der Waals surface area contributed by atoms with Crippen molar-refractivity contribution in [3.05, 3.63) is 34.2 Å². The van der Waals surface area contributed by atoms with Crippen molar-refractivity contribution in [2.24, 2.45) is 5.73 Å². The minimum atomic E-state index is -1.38. The van der Waals surface area contributed by atoms with Crippen LogP contribution in [0.3, 0.4) is 0 Å². The lowest BCUT2D eigenvalue weighted by Gasteiger charge is -2.12.